The molecule has 0 atom stereocenters. The van der Waals surface area contributed by atoms with Gasteiger partial charge in [0.2, 0.25) is 10.0 Å². The fourth-order valence-electron chi connectivity index (χ4n) is 1.62. The SMILES string of the molecule is COc1cc(Cl)c(S(=O)(=O)NCc2ccccn2)cc1Cl. The molecule has 0 radical (unpaired) electrons. The zero-order valence-electron chi connectivity index (χ0n) is 11.0. The van der Waals surface area contributed by atoms with Crippen molar-refractivity contribution in [1.29, 1.82) is 0 Å². The summed E-state index contributed by atoms with van der Waals surface area (Å²) in [6, 6.07) is 7.85. The minimum Gasteiger partial charge on any atom is -0.495 e. The molecule has 0 bridgehead atoms. The summed E-state index contributed by atoms with van der Waals surface area (Å²) in [6.45, 7) is 0.0587. The Bertz CT molecular complexity index is 737. The van der Waals surface area contributed by atoms with Gasteiger partial charge in [-0.05, 0) is 18.2 Å². The zero-order valence-corrected chi connectivity index (χ0v) is 13.3. The molecule has 0 amide bonds. The Hall–Kier alpha value is -1.34. The molecule has 0 aliphatic heterocycles. The van der Waals surface area contributed by atoms with Crippen LogP contribution in [-0.4, -0.2) is 20.5 Å². The smallest absolute Gasteiger partial charge is 0.242 e. The number of benzene rings is 1. The van der Waals surface area contributed by atoms with Crippen LogP contribution in [0.1, 0.15) is 5.69 Å². The van der Waals surface area contributed by atoms with Gasteiger partial charge in [0.05, 0.1) is 29.4 Å². The lowest BCUT2D eigenvalue weighted by atomic mass is 10.3. The number of pyridine rings is 1. The van der Waals surface area contributed by atoms with Crippen molar-refractivity contribution in [3.63, 3.8) is 0 Å². The molecule has 21 heavy (non-hydrogen) atoms. The van der Waals surface area contributed by atoms with Gasteiger partial charge in [-0.1, -0.05) is 29.3 Å². The van der Waals surface area contributed by atoms with Gasteiger partial charge in [-0.3, -0.25) is 4.98 Å². The molecule has 1 aromatic heterocycles. The van der Waals surface area contributed by atoms with Crippen molar-refractivity contribution in [2.45, 2.75) is 11.4 Å². The van der Waals surface area contributed by atoms with Crippen LogP contribution >= 0.6 is 23.2 Å². The van der Waals surface area contributed by atoms with Gasteiger partial charge < -0.3 is 4.74 Å². The molecule has 0 saturated carbocycles. The fraction of sp³-hybridized carbons (Fsp3) is 0.154. The predicted octanol–water partition coefficient (Wildman–Crippen LogP) is 2.88. The lowest BCUT2D eigenvalue weighted by Crippen LogP contribution is -2.24. The van der Waals surface area contributed by atoms with Crippen LogP contribution in [-0.2, 0) is 16.6 Å². The topological polar surface area (TPSA) is 68.3 Å². The van der Waals surface area contributed by atoms with E-state index in [-0.39, 0.29) is 21.5 Å². The number of methoxy groups -OCH3 is 1. The summed E-state index contributed by atoms with van der Waals surface area (Å²) in [5.41, 5.74) is 0.594. The maximum Gasteiger partial charge on any atom is 0.242 e. The van der Waals surface area contributed by atoms with Gasteiger partial charge in [-0.25, -0.2) is 13.1 Å². The third-order valence-corrected chi connectivity index (χ3v) is 4.83. The van der Waals surface area contributed by atoms with E-state index in [2.05, 4.69) is 9.71 Å². The number of aromatic nitrogens is 1. The molecular formula is C13H12Cl2N2O3S. The number of sulfonamides is 1. The van der Waals surface area contributed by atoms with Gasteiger partial charge in [0.1, 0.15) is 10.6 Å². The van der Waals surface area contributed by atoms with E-state index in [4.69, 9.17) is 27.9 Å². The molecule has 0 saturated heterocycles. The molecule has 1 aromatic carbocycles. The van der Waals surface area contributed by atoms with E-state index in [1.165, 1.54) is 19.2 Å². The highest BCUT2D eigenvalue weighted by atomic mass is 35.5. The molecule has 0 unspecified atom stereocenters. The monoisotopic (exact) mass is 346 g/mol. The Morgan fingerprint density at radius 1 is 1.24 bits per heavy atom. The number of rotatable bonds is 5. The fourth-order valence-corrected chi connectivity index (χ4v) is 3.47. The van der Waals surface area contributed by atoms with Crippen molar-refractivity contribution < 1.29 is 13.2 Å². The number of nitrogens with one attached hydrogen (secondary N) is 1. The summed E-state index contributed by atoms with van der Waals surface area (Å²) >= 11 is 11.9. The second kappa shape index (κ2) is 6.62. The highest BCUT2D eigenvalue weighted by Crippen LogP contribution is 2.33. The van der Waals surface area contributed by atoms with Gasteiger partial charge in [0.25, 0.3) is 0 Å². The summed E-state index contributed by atoms with van der Waals surface area (Å²) in [7, 11) is -2.38. The van der Waals surface area contributed by atoms with Gasteiger partial charge in [0, 0.05) is 12.3 Å². The van der Waals surface area contributed by atoms with Crippen LogP contribution < -0.4 is 9.46 Å². The Kier molecular flexibility index (Phi) is 5.05. The van der Waals surface area contributed by atoms with Crippen LogP contribution in [0.5, 0.6) is 5.75 Å². The average molecular weight is 347 g/mol. The Morgan fingerprint density at radius 3 is 2.62 bits per heavy atom. The Balaban J connectivity index is 2.26. The largest absolute Gasteiger partial charge is 0.495 e. The van der Waals surface area contributed by atoms with E-state index in [9.17, 15) is 8.42 Å². The average Bonchev–Trinajstić information content (AvgIpc) is 2.48. The van der Waals surface area contributed by atoms with E-state index >= 15 is 0 Å². The van der Waals surface area contributed by atoms with Crippen molar-refractivity contribution in [3.8, 4) is 5.75 Å². The summed E-state index contributed by atoms with van der Waals surface area (Å²) in [5.74, 6) is 0.311. The molecular weight excluding hydrogens is 335 g/mol. The molecule has 0 aliphatic rings. The second-order valence-electron chi connectivity index (χ2n) is 4.06. The molecule has 1 N–H and O–H groups in total. The predicted molar refractivity (Wildman–Crippen MR) is 81.3 cm³/mol. The molecule has 0 fully saturated rings. The number of halogens is 2. The first-order valence-corrected chi connectivity index (χ1v) is 8.10. The van der Waals surface area contributed by atoms with Gasteiger partial charge >= 0.3 is 0 Å². The molecule has 2 aromatic rings. The van der Waals surface area contributed by atoms with Crippen molar-refractivity contribution in [2.24, 2.45) is 0 Å². The number of hydrogen-bond donors (Lipinski definition) is 1. The maximum atomic E-state index is 12.3. The van der Waals surface area contributed by atoms with E-state index in [1.807, 2.05) is 0 Å². The highest BCUT2D eigenvalue weighted by molar-refractivity contribution is 7.89. The third-order valence-electron chi connectivity index (χ3n) is 2.67. The van der Waals surface area contributed by atoms with Crippen LogP contribution in [0.15, 0.2) is 41.4 Å². The number of ether oxygens (including phenoxy) is 1. The first-order chi connectivity index (χ1) is 9.94. The van der Waals surface area contributed by atoms with Crippen LogP contribution in [0.2, 0.25) is 10.0 Å². The number of hydrogen-bond acceptors (Lipinski definition) is 4. The Morgan fingerprint density at radius 2 is 2.00 bits per heavy atom. The lowest BCUT2D eigenvalue weighted by molar-refractivity contribution is 0.414. The molecule has 5 nitrogen and oxygen atoms in total. The van der Waals surface area contributed by atoms with Crippen molar-refractivity contribution in [3.05, 3.63) is 52.3 Å². The molecule has 112 valence electrons. The van der Waals surface area contributed by atoms with E-state index in [0.29, 0.717) is 11.4 Å². The molecule has 1 heterocycles. The van der Waals surface area contributed by atoms with Crippen molar-refractivity contribution in [1.82, 2.24) is 9.71 Å². The zero-order chi connectivity index (χ0) is 15.5. The van der Waals surface area contributed by atoms with E-state index in [0.717, 1.165) is 0 Å². The first-order valence-electron chi connectivity index (χ1n) is 5.86. The maximum absolute atomic E-state index is 12.3. The van der Waals surface area contributed by atoms with Gasteiger partial charge in [-0.15, -0.1) is 0 Å². The Labute approximate surface area is 132 Å². The van der Waals surface area contributed by atoms with E-state index in [1.54, 1.807) is 24.4 Å². The third kappa shape index (κ3) is 3.85. The quantitative estimate of drug-likeness (QED) is 0.903. The van der Waals surface area contributed by atoms with Gasteiger partial charge in [-0.2, -0.15) is 0 Å². The van der Waals surface area contributed by atoms with Crippen LogP contribution in [0.4, 0.5) is 0 Å². The molecule has 0 spiro atoms. The van der Waals surface area contributed by atoms with Crippen molar-refractivity contribution in [2.75, 3.05) is 7.11 Å². The van der Waals surface area contributed by atoms with Crippen LogP contribution in [0.25, 0.3) is 0 Å². The van der Waals surface area contributed by atoms with Crippen LogP contribution in [0.3, 0.4) is 0 Å². The second-order valence-corrected chi connectivity index (χ2v) is 6.61. The molecule has 0 aliphatic carbocycles. The normalized spacial score (nSPS) is 11.4. The molecule has 8 heteroatoms. The van der Waals surface area contributed by atoms with E-state index < -0.39 is 10.0 Å². The number of nitrogens with zero attached hydrogens (tertiary/aromatic N) is 1. The molecule has 2 rings (SSSR count). The minimum absolute atomic E-state index is 0.0322. The van der Waals surface area contributed by atoms with Gasteiger partial charge in [0.15, 0.2) is 0 Å². The minimum atomic E-state index is -3.80. The highest BCUT2D eigenvalue weighted by Gasteiger charge is 2.20. The first kappa shape index (κ1) is 16.0. The van der Waals surface area contributed by atoms with Crippen LogP contribution in [0, 0.1) is 0 Å². The summed E-state index contributed by atoms with van der Waals surface area (Å²) in [4.78, 5) is 3.93. The lowest BCUT2D eigenvalue weighted by Gasteiger charge is -2.10. The summed E-state index contributed by atoms with van der Waals surface area (Å²) in [6.07, 6.45) is 1.58. The summed E-state index contributed by atoms with van der Waals surface area (Å²) < 4.78 is 31.9. The summed E-state index contributed by atoms with van der Waals surface area (Å²) in [5, 5.41) is 0.199. The standard InChI is InChI=1S/C13H12Cl2N2O3S/c1-20-12-6-11(15)13(7-10(12)14)21(18,19)17-8-9-4-2-3-5-16-9/h2-7,17H,8H2,1H3. The van der Waals surface area contributed by atoms with Crippen molar-refractivity contribution >= 4 is 33.2 Å².